The lowest BCUT2D eigenvalue weighted by molar-refractivity contribution is -0.126. The van der Waals surface area contributed by atoms with Crippen LogP contribution >= 0.6 is 0 Å². The van der Waals surface area contributed by atoms with Crippen LogP contribution in [0.1, 0.15) is 24.5 Å². The number of carbonyl (C=O) groups is 3. The van der Waals surface area contributed by atoms with E-state index in [4.69, 9.17) is 4.74 Å². The maximum Gasteiger partial charge on any atom is 0.262 e. The second-order valence-electron chi connectivity index (χ2n) is 8.15. The standard InChI is InChI=1S/C24H29N3O5/c1-15-4-9-21(16(2)10-15)26-22(29)14-32-20-7-5-19(6-8-20)27-13-18(11-23(27)30)24(31)25-12-17(3)28/h4-10,17-18,28H,11-14H2,1-3H3,(H,25,31)(H,26,29)/t17-,18+/m0/s1. The highest BCUT2D eigenvalue weighted by molar-refractivity contribution is 6.00. The summed E-state index contributed by atoms with van der Waals surface area (Å²) in [4.78, 5) is 38.3. The molecule has 0 unspecified atom stereocenters. The highest BCUT2D eigenvalue weighted by Crippen LogP contribution is 2.27. The number of rotatable bonds is 8. The number of aliphatic hydroxyl groups is 1. The van der Waals surface area contributed by atoms with E-state index in [-0.39, 0.29) is 43.8 Å². The van der Waals surface area contributed by atoms with Gasteiger partial charge < -0.3 is 25.4 Å². The number of amides is 3. The Balaban J connectivity index is 1.52. The number of hydrogen-bond donors (Lipinski definition) is 3. The van der Waals surface area contributed by atoms with Gasteiger partial charge in [-0.25, -0.2) is 0 Å². The molecule has 0 aromatic heterocycles. The Morgan fingerprint density at radius 3 is 2.56 bits per heavy atom. The van der Waals surface area contributed by atoms with Crippen LogP contribution in [0.4, 0.5) is 11.4 Å². The summed E-state index contributed by atoms with van der Waals surface area (Å²) in [5.74, 6) is -0.587. The van der Waals surface area contributed by atoms with Crippen LogP contribution in [0.3, 0.4) is 0 Å². The zero-order valence-electron chi connectivity index (χ0n) is 18.6. The first-order chi connectivity index (χ1) is 15.2. The molecule has 1 saturated heterocycles. The fourth-order valence-electron chi connectivity index (χ4n) is 3.54. The van der Waals surface area contributed by atoms with E-state index in [0.29, 0.717) is 11.4 Å². The lowest BCUT2D eigenvalue weighted by Crippen LogP contribution is -2.36. The summed E-state index contributed by atoms with van der Waals surface area (Å²) in [6, 6.07) is 12.6. The summed E-state index contributed by atoms with van der Waals surface area (Å²) in [5, 5.41) is 14.8. The molecule has 3 rings (SSSR count). The number of ether oxygens (including phenoxy) is 1. The van der Waals surface area contributed by atoms with Crippen molar-refractivity contribution in [3.8, 4) is 5.75 Å². The molecule has 1 fully saturated rings. The van der Waals surface area contributed by atoms with Gasteiger partial charge in [-0.1, -0.05) is 17.7 Å². The number of benzene rings is 2. The number of nitrogens with zero attached hydrogens (tertiary/aromatic N) is 1. The van der Waals surface area contributed by atoms with Crippen molar-refractivity contribution >= 4 is 29.1 Å². The van der Waals surface area contributed by atoms with E-state index in [1.165, 1.54) is 0 Å². The van der Waals surface area contributed by atoms with Gasteiger partial charge in [0.15, 0.2) is 6.61 Å². The SMILES string of the molecule is Cc1ccc(NC(=O)COc2ccc(N3C[C@H](C(=O)NC[C@H](C)O)CC3=O)cc2)c(C)c1. The molecule has 2 aromatic rings. The number of hydrogen-bond acceptors (Lipinski definition) is 5. The van der Waals surface area contributed by atoms with Crippen molar-refractivity contribution in [1.29, 1.82) is 0 Å². The minimum Gasteiger partial charge on any atom is -0.484 e. The normalized spacial score (nSPS) is 16.6. The molecular formula is C24H29N3O5. The van der Waals surface area contributed by atoms with Crippen LogP contribution in [0.5, 0.6) is 5.75 Å². The summed E-state index contributed by atoms with van der Waals surface area (Å²) in [5.41, 5.74) is 3.52. The molecule has 3 N–H and O–H groups in total. The fourth-order valence-corrected chi connectivity index (χ4v) is 3.54. The molecule has 0 spiro atoms. The van der Waals surface area contributed by atoms with E-state index in [1.807, 2.05) is 32.0 Å². The van der Waals surface area contributed by atoms with Gasteiger partial charge in [0.25, 0.3) is 5.91 Å². The van der Waals surface area contributed by atoms with Gasteiger partial charge in [-0.15, -0.1) is 0 Å². The van der Waals surface area contributed by atoms with E-state index in [2.05, 4.69) is 10.6 Å². The second-order valence-corrected chi connectivity index (χ2v) is 8.15. The van der Waals surface area contributed by atoms with Gasteiger partial charge in [0.2, 0.25) is 11.8 Å². The molecule has 32 heavy (non-hydrogen) atoms. The van der Waals surface area contributed by atoms with Crippen LogP contribution in [0.25, 0.3) is 0 Å². The zero-order valence-corrected chi connectivity index (χ0v) is 18.6. The average Bonchev–Trinajstić information content (AvgIpc) is 3.14. The Bertz CT molecular complexity index is 988. The van der Waals surface area contributed by atoms with E-state index >= 15 is 0 Å². The van der Waals surface area contributed by atoms with Gasteiger partial charge in [0.05, 0.1) is 12.0 Å². The number of nitrogens with one attached hydrogen (secondary N) is 2. The summed E-state index contributed by atoms with van der Waals surface area (Å²) in [6.45, 7) is 5.82. The minimum atomic E-state index is -0.636. The molecule has 1 heterocycles. The second kappa shape index (κ2) is 10.3. The molecule has 0 radical (unpaired) electrons. The molecule has 8 heteroatoms. The molecule has 1 aliphatic rings. The van der Waals surface area contributed by atoms with Crippen molar-refractivity contribution in [3.63, 3.8) is 0 Å². The molecule has 2 atom stereocenters. The third-order valence-electron chi connectivity index (χ3n) is 5.24. The van der Waals surface area contributed by atoms with Crippen molar-refractivity contribution < 1.29 is 24.2 Å². The molecule has 0 bridgehead atoms. The van der Waals surface area contributed by atoms with Gasteiger partial charge in [-0.2, -0.15) is 0 Å². The van der Waals surface area contributed by atoms with Gasteiger partial charge in [0.1, 0.15) is 5.75 Å². The van der Waals surface area contributed by atoms with E-state index in [1.54, 1.807) is 36.1 Å². The summed E-state index contributed by atoms with van der Waals surface area (Å²) in [6.07, 6.45) is -0.509. The Morgan fingerprint density at radius 1 is 1.19 bits per heavy atom. The maximum absolute atomic E-state index is 12.4. The van der Waals surface area contributed by atoms with Crippen molar-refractivity contribution in [2.24, 2.45) is 5.92 Å². The number of anilines is 2. The Kier molecular flexibility index (Phi) is 7.48. The van der Waals surface area contributed by atoms with Crippen LogP contribution in [-0.4, -0.2) is 48.6 Å². The average molecular weight is 440 g/mol. The predicted octanol–water partition coefficient (Wildman–Crippen LogP) is 2.17. The van der Waals surface area contributed by atoms with Gasteiger partial charge >= 0.3 is 0 Å². The molecular weight excluding hydrogens is 410 g/mol. The van der Waals surface area contributed by atoms with Gasteiger partial charge in [-0.3, -0.25) is 14.4 Å². The van der Waals surface area contributed by atoms with Crippen LogP contribution in [0, 0.1) is 19.8 Å². The van der Waals surface area contributed by atoms with Gasteiger partial charge in [-0.05, 0) is 56.7 Å². The zero-order chi connectivity index (χ0) is 23.3. The minimum absolute atomic E-state index is 0.127. The lowest BCUT2D eigenvalue weighted by Gasteiger charge is -2.17. The molecule has 2 aromatic carbocycles. The Labute approximate surface area is 187 Å². The van der Waals surface area contributed by atoms with Crippen LogP contribution in [0.2, 0.25) is 0 Å². The lowest BCUT2D eigenvalue weighted by atomic mass is 10.1. The summed E-state index contributed by atoms with van der Waals surface area (Å²) >= 11 is 0. The fraction of sp³-hybridized carbons (Fsp3) is 0.375. The van der Waals surface area contributed by atoms with E-state index < -0.39 is 12.0 Å². The quantitative estimate of drug-likeness (QED) is 0.584. The molecule has 170 valence electrons. The first-order valence-corrected chi connectivity index (χ1v) is 10.6. The summed E-state index contributed by atoms with van der Waals surface area (Å²) in [7, 11) is 0. The van der Waals surface area contributed by atoms with Crippen molar-refractivity contribution in [2.75, 3.05) is 29.9 Å². The van der Waals surface area contributed by atoms with Crippen LogP contribution < -0.4 is 20.3 Å². The van der Waals surface area contributed by atoms with Crippen LogP contribution in [-0.2, 0) is 14.4 Å². The monoisotopic (exact) mass is 439 g/mol. The molecule has 3 amide bonds. The van der Waals surface area contributed by atoms with Crippen molar-refractivity contribution in [2.45, 2.75) is 33.3 Å². The van der Waals surface area contributed by atoms with Gasteiger partial charge in [0, 0.05) is 30.9 Å². The highest BCUT2D eigenvalue weighted by atomic mass is 16.5. The van der Waals surface area contributed by atoms with Crippen molar-refractivity contribution in [3.05, 3.63) is 53.6 Å². The number of aryl methyl sites for hydroxylation is 2. The number of aliphatic hydroxyl groups excluding tert-OH is 1. The Hall–Kier alpha value is -3.39. The van der Waals surface area contributed by atoms with E-state index in [9.17, 15) is 19.5 Å². The van der Waals surface area contributed by atoms with Crippen molar-refractivity contribution in [1.82, 2.24) is 5.32 Å². The largest absolute Gasteiger partial charge is 0.484 e. The first-order valence-electron chi connectivity index (χ1n) is 10.6. The third-order valence-corrected chi connectivity index (χ3v) is 5.24. The third kappa shape index (κ3) is 6.07. The Morgan fingerprint density at radius 2 is 1.91 bits per heavy atom. The molecule has 0 aliphatic carbocycles. The molecule has 0 saturated carbocycles. The predicted molar refractivity (Wildman–Crippen MR) is 122 cm³/mol. The van der Waals surface area contributed by atoms with Crippen LogP contribution in [0.15, 0.2) is 42.5 Å². The highest BCUT2D eigenvalue weighted by Gasteiger charge is 2.35. The topological polar surface area (TPSA) is 108 Å². The summed E-state index contributed by atoms with van der Waals surface area (Å²) < 4.78 is 5.56. The smallest absolute Gasteiger partial charge is 0.262 e. The maximum atomic E-state index is 12.4. The first kappa shape index (κ1) is 23.3. The molecule has 8 nitrogen and oxygen atoms in total. The number of carbonyl (C=O) groups excluding carboxylic acids is 3. The molecule has 1 aliphatic heterocycles. The van der Waals surface area contributed by atoms with E-state index in [0.717, 1.165) is 16.8 Å².